The topological polar surface area (TPSA) is 64.6 Å². The lowest BCUT2D eigenvalue weighted by Gasteiger charge is -2.19. The van der Waals surface area contributed by atoms with Gasteiger partial charge in [0.15, 0.2) is 0 Å². The van der Waals surface area contributed by atoms with Crippen molar-refractivity contribution < 1.29 is 19.1 Å². The lowest BCUT2D eigenvalue weighted by Crippen LogP contribution is -2.45. The van der Waals surface area contributed by atoms with E-state index >= 15 is 0 Å². The first-order chi connectivity index (χ1) is 10.5. The normalized spacial score (nSPS) is 18.8. The van der Waals surface area contributed by atoms with E-state index in [0.29, 0.717) is 31.1 Å². The van der Waals surface area contributed by atoms with Crippen LogP contribution in [0.2, 0.25) is 5.02 Å². The highest BCUT2D eigenvalue weighted by molar-refractivity contribution is 9.10. The first-order valence-corrected chi connectivity index (χ1v) is 8.08. The molecule has 0 radical (unpaired) electrons. The van der Waals surface area contributed by atoms with Crippen LogP contribution in [0.3, 0.4) is 0 Å². The number of halogens is 2. The molecule has 0 aliphatic carbocycles. The molecule has 2 rings (SSSR count). The number of benzene rings is 1. The van der Waals surface area contributed by atoms with Crippen LogP contribution in [0.15, 0.2) is 22.7 Å². The van der Waals surface area contributed by atoms with Crippen LogP contribution in [0.4, 0.5) is 0 Å². The van der Waals surface area contributed by atoms with E-state index in [1.807, 2.05) is 0 Å². The molecule has 1 aliphatic rings. The van der Waals surface area contributed by atoms with Crippen LogP contribution < -0.4 is 5.32 Å². The van der Waals surface area contributed by atoms with Gasteiger partial charge in [-0.15, -0.1) is 0 Å². The second kappa shape index (κ2) is 7.94. The number of hydrogen-bond donors (Lipinski definition) is 1. The summed E-state index contributed by atoms with van der Waals surface area (Å²) in [6, 6.07) is 4.55. The molecule has 1 N–H and O–H groups in total. The van der Waals surface area contributed by atoms with E-state index in [4.69, 9.17) is 21.1 Å². The predicted octanol–water partition coefficient (Wildman–Crippen LogP) is 2.34. The van der Waals surface area contributed by atoms with E-state index in [1.54, 1.807) is 18.2 Å². The second-order valence-corrected chi connectivity index (χ2v) is 6.38. The average Bonchev–Trinajstić information content (AvgIpc) is 3.03. The Labute approximate surface area is 142 Å². The Bertz CT molecular complexity index is 560. The summed E-state index contributed by atoms with van der Waals surface area (Å²) in [7, 11) is 1.30. The Hall–Kier alpha value is -1.11. The smallest absolute Gasteiger partial charge is 0.328 e. The van der Waals surface area contributed by atoms with Crippen molar-refractivity contribution in [1.82, 2.24) is 5.32 Å². The highest BCUT2D eigenvalue weighted by Crippen LogP contribution is 2.23. The molecule has 0 unspecified atom stereocenters. The maximum absolute atomic E-state index is 12.2. The minimum absolute atomic E-state index is 0.189. The first kappa shape index (κ1) is 17.2. The number of methoxy groups -OCH3 is 1. The molecule has 7 heteroatoms. The third-order valence-corrected chi connectivity index (χ3v) is 4.54. The molecule has 1 aliphatic heterocycles. The van der Waals surface area contributed by atoms with Crippen LogP contribution in [0.25, 0.3) is 0 Å². The van der Waals surface area contributed by atoms with Crippen molar-refractivity contribution in [3.63, 3.8) is 0 Å². The first-order valence-electron chi connectivity index (χ1n) is 6.91. The molecule has 0 spiro atoms. The van der Waals surface area contributed by atoms with Crippen LogP contribution in [0.5, 0.6) is 0 Å². The monoisotopic (exact) mass is 389 g/mol. The zero-order valence-electron chi connectivity index (χ0n) is 12.1. The fourth-order valence-corrected chi connectivity index (χ4v) is 2.89. The molecular weight excluding hydrogens is 374 g/mol. The summed E-state index contributed by atoms with van der Waals surface area (Å²) < 4.78 is 10.8. The Kier molecular flexibility index (Phi) is 6.23. The molecule has 1 amide bonds. The van der Waals surface area contributed by atoms with Gasteiger partial charge < -0.3 is 14.8 Å². The van der Waals surface area contributed by atoms with Gasteiger partial charge in [0.25, 0.3) is 0 Å². The summed E-state index contributed by atoms with van der Waals surface area (Å²) in [5.41, 5.74) is 0.825. The SMILES string of the molecule is COC(=O)[C@H](Cc1cc(Cl)ccc1Br)NC(=O)[C@@H]1CCOC1. The molecule has 2 atom stereocenters. The fraction of sp³-hybridized carbons (Fsp3) is 0.467. The van der Waals surface area contributed by atoms with Crippen LogP contribution in [0, 0.1) is 5.92 Å². The van der Waals surface area contributed by atoms with Gasteiger partial charge in [0, 0.05) is 22.5 Å². The van der Waals surface area contributed by atoms with Crippen molar-refractivity contribution in [2.75, 3.05) is 20.3 Å². The van der Waals surface area contributed by atoms with E-state index in [1.165, 1.54) is 7.11 Å². The lowest BCUT2D eigenvalue weighted by atomic mass is 10.0. The Balaban J connectivity index is 2.10. The predicted molar refractivity (Wildman–Crippen MR) is 85.7 cm³/mol. The number of hydrogen-bond acceptors (Lipinski definition) is 4. The number of carbonyl (C=O) groups excluding carboxylic acids is 2. The van der Waals surface area contributed by atoms with E-state index < -0.39 is 12.0 Å². The number of rotatable bonds is 5. The van der Waals surface area contributed by atoms with Gasteiger partial charge >= 0.3 is 5.97 Å². The number of ether oxygens (including phenoxy) is 2. The summed E-state index contributed by atoms with van der Waals surface area (Å²) in [6.45, 7) is 0.960. The van der Waals surface area contributed by atoms with Gasteiger partial charge in [-0.1, -0.05) is 27.5 Å². The van der Waals surface area contributed by atoms with Gasteiger partial charge in [0.1, 0.15) is 6.04 Å². The van der Waals surface area contributed by atoms with Gasteiger partial charge in [-0.2, -0.15) is 0 Å². The zero-order chi connectivity index (χ0) is 16.1. The largest absolute Gasteiger partial charge is 0.467 e. The Morgan fingerprint density at radius 1 is 1.55 bits per heavy atom. The van der Waals surface area contributed by atoms with E-state index in [2.05, 4.69) is 21.2 Å². The molecular formula is C15H17BrClNO4. The molecule has 0 saturated carbocycles. The van der Waals surface area contributed by atoms with Gasteiger partial charge in [0.05, 0.1) is 19.6 Å². The fourth-order valence-electron chi connectivity index (χ4n) is 2.29. The Morgan fingerprint density at radius 2 is 2.32 bits per heavy atom. The van der Waals surface area contributed by atoms with E-state index in [0.717, 1.165) is 10.0 Å². The quantitative estimate of drug-likeness (QED) is 0.784. The van der Waals surface area contributed by atoms with Gasteiger partial charge in [-0.05, 0) is 30.2 Å². The van der Waals surface area contributed by atoms with Crippen LogP contribution in [0.1, 0.15) is 12.0 Å². The zero-order valence-corrected chi connectivity index (χ0v) is 14.4. The van der Waals surface area contributed by atoms with Crippen molar-refractivity contribution in [1.29, 1.82) is 0 Å². The molecule has 1 fully saturated rings. The number of amides is 1. The van der Waals surface area contributed by atoms with Crippen LogP contribution in [-0.4, -0.2) is 38.2 Å². The molecule has 22 heavy (non-hydrogen) atoms. The molecule has 1 saturated heterocycles. The van der Waals surface area contributed by atoms with E-state index in [-0.39, 0.29) is 11.8 Å². The molecule has 1 aromatic rings. The average molecular weight is 391 g/mol. The maximum Gasteiger partial charge on any atom is 0.328 e. The molecule has 0 aromatic heterocycles. The highest BCUT2D eigenvalue weighted by Gasteiger charge is 2.29. The molecule has 1 heterocycles. The third-order valence-electron chi connectivity index (χ3n) is 3.53. The van der Waals surface area contributed by atoms with Crippen molar-refractivity contribution in [3.05, 3.63) is 33.3 Å². The van der Waals surface area contributed by atoms with Gasteiger partial charge in [-0.25, -0.2) is 4.79 Å². The van der Waals surface area contributed by atoms with Crippen molar-refractivity contribution in [2.45, 2.75) is 18.9 Å². The molecule has 0 bridgehead atoms. The minimum Gasteiger partial charge on any atom is -0.467 e. The summed E-state index contributed by atoms with van der Waals surface area (Å²) in [5, 5.41) is 3.31. The number of carbonyl (C=O) groups is 2. The van der Waals surface area contributed by atoms with Crippen molar-refractivity contribution in [3.8, 4) is 0 Å². The van der Waals surface area contributed by atoms with Crippen LogP contribution in [-0.2, 0) is 25.5 Å². The van der Waals surface area contributed by atoms with Gasteiger partial charge in [-0.3, -0.25) is 4.79 Å². The third kappa shape index (κ3) is 4.44. The van der Waals surface area contributed by atoms with Crippen LogP contribution >= 0.6 is 27.5 Å². The second-order valence-electron chi connectivity index (χ2n) is 5.08. The Morgan fingerprint density at radius 3 is 2.95 bits per heavy atom. The standard InChI is InChI=1S/C15H17BrClNO4/c1-21-15(20)13(18-14(19)9-4-5-22-8-9)7-10-6-11(17)2-3-12(10)16/h2-3,6,9,13H,4-5,7-8H2,1H3,(H,18,19)/t9-,13+/m1/s1. The van der Waals surface area contributed by atoms with Crippen molar-refractivity contribution in [2.24, 2.45) is 5.92 Å². The number of esters is 1. The van der Waals surface area contributed by atoms with E-state index in [9.17, 15) is 9.59 Å². The molecule has 120 valence electrons. The summed E-state index contributed by atoms with van der Waals surface area (Å²) in [5.74, 6) is -0.889. The summed E-state index contributed by atoms with van der Waals surface area (Å²) in [4.78, 5) is 24.1. The minimum atomic E-state index is -0.757. The lowest BCUT2D eigenvalue weighted by molar-refractivity contribution is -0.145. The summed E-state index contributed by atoms with van der Waals surface area (Å²) >= 11 is 9.40. The number of nitrogens with one attached hydrogen (secondary N) is 1. The molecule has 5 nitrogen and oxygen atoms in total. The summed E-state index contributed by atoms with van der Waals surface area (Å²) in [6.07, 6.45) is 0.966. The van der Waals surface area contributed by atoms with Gasteiger partial charge in [0.2, 0.25) is 5.91 Å². The maximum atomic E-state index is 12.2. The highest BCUT2D eigenvalue weighted by atomic mass is 79.9. The van der Waals surface area contributed by atoms with Crippen molar-refractivity contribution >= 4 is 39.4 Å². The molecule has 1 aromatic carbocycles.